The first-order chi connectivity index (χ1) is 16.0. The maximum Gasteiger partial charge on any atom is 0.332 e. The molecule has 172 valence electrons. The van der Waals surface area contributed by atoms with Crippen LogP contribution in [0.4, 0.5) is 11.5 Å². The lowest BCUT2D eigenvalue weighted by Gasteiger charge is -2.31. The van der Waals surface area contributed by atoms with Gasteiger partial charge >= 0.3 is 5.69 Å². The average molecular weight is 451 g/mol. The molecule has 0 amide bonds. The topological polar surface area (TPSA) is 141 Å². The number of nitrogens with zero attached hydrogens (tertiary/aromatic N) is 7. The molecule has 0 saturated carbocycles. The van der Waals surface area contributed by atoms with Crippen LogP contribution in [0.25, 0.3) is 0 Å². The van der Waals surface area contributed by atoms with E-state index in [4.69, 9.17) is 4.52 Å². The van der Waals surface area contributed by atoms with Gasteiger partial charge in [-0.1, -0.05) is 54.5 Å². The van der Waals surface area contributed by atoms with Gasteiger partial charge in [-0.25, -0.2) is 9.97 Å². The molecule has 1 fully saturated rings. The van der Waals surface area contributed by atoms with E-state index in [-0.39, 0.29) is 35.5 Å². The highest BCUT2D eigenvalue weighted by atomic mass is 16.6. The molecular weight excluding hydrogens is 426 g/mol. The van der Waals surface area contributed by atoms with Crippen molar-refractivity contribution in [2.24, 2.45) is 5.18 Å². The van der Waals surface area contributed by atoms with Crippen LogP contribution in [-0.4, -0.2) is 38.1 Å². The third-order valence-electron chi connectivity index (χ3n) is 5.88. The Morgan fingerprint density at radius 3 is 2.55 bits per heavy atom. The minimum absolute atomic E-state index is 0.0236. The van der Waals surface area contributed by atoms with Crippen molar-refractivity contribution >= 4 is 11.5 Å². The number of nitro groups is 1. The van der Waals surface area contributed by atoms with E-state index < -0.39 is 11.0 Å². The third-order valence-corrected chi connectivity index (χ3v) is 5.88. The molecule has 1 aliphatic rings. The first kappa shape index (κ1) is 22.4. The summed E-state index contributed by atoms with van der Waals surface area (Å²) >= 11 is 0. The Bertz CT molecular complexity index is 1110. The summed E-state index contributed by atoms with van der Waals surface area (Å²) in [5.74, 6) is 1.84. The lowest BCUT2D eigenvalue weighted by molar-refractivity contribution is -0.385. The van der Waals surface area contributed by atoms with Gasteiger partial charge in [-0.05, 0) is 18.4 Å². The van der Waals surface area contributed by atoms with Crippen LogP contribution in [0, 0.1) is 15.0 Å². The van der Waals surface area contributed by atoms with Gasteiger partial charge in [0.25, 0.3) is 0 Å². The SMILES string of the molecule is CC(C)c1noc(C2CCN(c3ncnc(CC(N=O)c4ccccc4)c3[N+](=O)[O-])CC2)n1. The molecule has 3 aromatic rings. The fourth-order valence-corrected chi connectivity index (χ4v) is 4.03. The summed E-state index contributed by atoms with van der Waals surface area (Å²) in [7, 11) is 0. The van der Waals surface area contributed by atoms with E-state index in [2.05, 4.69) is 25.3 Å². The molecule has 0 N–H and O–H groups in total. The maximum atomic E-state index is 12.0. The standard InChI is InChI=1S/C22H25N7O4/c1-14(2)20-25-22(33-27-20)16-8-10-28(11-9-16)21-19(29(31)32)18(23-13-24-21)12-17(26-30)15-6-4-3-5-7-15/h3-7,13-14,16-17H,8-12H2,1-2H3. The summed E-state index contributed by atoms with van der Waals surface area (Å²) in [5, 5.41) is 19.2. The monoisotopic (exact) mass is 451 g/mol. The van der Waals surface area contributed by atoms with Crippen LogP contribution in [-0.2, 0) is 6.42 Å². The van der Waals surface area contributed by atoms with Crippen LogP contribution in [0.2, 0.25) is 0 Å². The number of piperidine rings is 1. The van der Waals surface area contributed by atoms with Crippen LogP contribution in [0.3, 0.4) is 0 Å². The molecule has 1 aliphatic heterocycles. The molecule has 4 rings (SSSR count). The first-order valence-corrected chi connectivity index (χ1v) is 10.9. The van der Waals surface area contributed by atoms with E-state index >= 15 is 0 Å². The van der Waals surface area contributed by atoms with E-state index in [0.717, 1.165) is 0 Å². The van der Waals surface area contributed by atoms with Gasteiger partial charge in [0.2, 0.25) is 11.7 Å². The molecule has 2 aromatic heterocycles. The number of benzene rings is 1. The van der Waals surface area contributed by atoms with Crippen LogP contribution < -0.4 is 4.90 Å². The van der Waals surface area contributed by atoms with Gasteiger partial charge in [0.1, 0.15) is 18.1 Å². The summed E-state index contributed by atoms with van der Waals surface area (Å²) in [6, 6.07) is 8.19. The fraction of sp³-hybridized carbons (Fsp3) is 0.455. The molecular formula is C22H25N7O4. The molecule has 11 nitrogen and oxygen atoms in total. The summed E-state index contributed by atoms with van der Waals surface area (Å²) in [6.45, 7) is 5.11. The Morgan fingerprint density at radius 1 is 1.21 bits per heavy atom. The number of hydrogen-bond acceptors (Lipinski definition) is 10. The summed E-state index contributed by atoms with van der Waals surface area (Å²) in [6.07, 6.45) is 2.75. The van der Waals surface area contributed by atoms with E-state index in [9.17, 15) is 15.0 Å². The van der Waals surface area contributed by atoms with Gasteiger partial charge in [-0.2, -0.15) is 9.89 Å². The molecule has 0 spiro atoms. The molecule has 0 aliphatic carbocycles. The number of nitroso groups, excluding NO2 is 1. The Morgan fingerprint density at radius 2 is 1.94 bits per heavy atom. The second-order valence-corrected chi connectivity index (χ2v) is 8.39. The molecule has 1 aromatic carbocycles. The maximum absolute atomic E-state index is 12.0. The number of aromatic nitrogens is 4. The van der Waals surface area contributed by atoms with Crippen molar-refractivity contribution in [3.05, 3.63) is 74.7 Å². The van der Waals surface area contributed by atoms with Crippen molar-refractivity contribution < 1.29 is 9.45 Å². The highest BCUT2D eigenvalue weighted by Gasteiger charge is 2.32. The largest absolute Gasteiger partial charge is 0.351 e. The van der Waals surface area contributed by atoms with Crippen molar-refractivity contribution in [3.8, 4) is 0 Å². The predicted molar refractivity (Wildman–Crippen MR) is 120 cm³/mol. The third kappa shape index (κ3) is 4.86. The van der Waals surface area contributed by atoms with E-state index in [1.807, 2.05) is 24.8 Å². The molecule has 33 heavy (non-hydrogen) atoms. The first-order valence-electron chi connectivity index (χ1n) is 10.9. The zero-order chi connectivity index (χ0) is 23.4. The Kier molecular flexibility index (Phi) is 6.66. The Labute approximate surface area is 190 Å². The quantitative estimate of drug-likeness (QED) is 0.278. The Hall–Kier alpha value is -3.76. The predicted octanol–water partition coefficient (Wildman–Crippen LogP) is 4.33. The lowest BCUT2D eigenvalue weighted by atomic mass is 9.96. The zero-order valence-corrected chi connectivity index (χ0v) is 18.5. The molecule has 0 bridgehead atoms. The van der Waals surface area contributed by atoms with Gasteiger partial charge in [-0.15, -0.1) is 0 Å². The van der Waals surface area contributed by atoms with E-state index in [0.29, 0.717) is 43.2 Å². The smallest absolute Gasteiger partial charge is 0.332 e. The normalized spacial score (nSPS) is 15.5. The summed E-state index contributed by atoms with van der Waals surface area (Å²) in [5.41, 5.74) is 0.697. The second-order valence-electron chi connectivity index (χ2n) is 8.39. The molecule has 3 heterocycles. The molecule has 11 heteroatoms. The molecule has 1 saturated heterocycles. The molecule has 0 radical (unpaired) electrons. The number of rotatable bonds is 8. The highest BCUT2D eigenvalue weighted by molar-refractivity contribution is 5.60. The van der Waals surface area contributed by atoms with Crippen molar-refractivity contribution in [2.45, 2.75) is 51.0 Å². The van der Waals surface area contributed by atoms with E-state index in [1.165, 1.54) is 6.33 Å². The lowest BCUT2D eigenvalue weighted by Crippen LogP contribution is -2.34. The van der Waals surface area contributed by atoms with Crippen molar-refractivity contribution in [2.75, 3.05) is 18.0 Å². The number of hydrogen-bond donors (Lipinski definition) is 0. The zero-order valence-electron chi connectivity index (χ0n) is 18.5. The summed E-state index contributed by atoms with van der Waals surface area (Å²) < 4.78 is 5.43. The highest BCUT2D eigenvalue weighted by Crippen LogP contribution is 2.36. The number of anilines is 1. The molecule has 1 atom stereocenters. The van der Waals surface area contributed by atoms with Crippen LogP contribution in [0.15, 0.2) is 46.4 Å². The van der Waals surface area contributed by atoms with Crippen molar-refractivity contribution in [1.82, 2.24) is 20.1 Å². The second kappa shape index (κ2) is 9.80. The van der Waals surface area contributed by atoms with Crippen molar-refractivity contribution in [1.29, 1.82) is 0 Å². The van der Waals surface area contributed by atoms with E-state index in [1.54, 1.807) is 24.3 Å². The van der Waals surface area contributed by atoms with Gasteiger partial charge in [0.05, 0.1) is 4.92 Å². The van der Waals surface area contributed by atoms with Gasteiger partial charge < -0.3 is 9.42 Å². The minimum Gasteiger partial charge on any atom is -0.351 e. The van der Waals surface area contributed by atoms with Gasteiger partial charge in [-0.3, -0.25) is 10.1 Å². The van der Waals surface area contributed by atoms with Crippen LogP contribution >= 0.6 is 0 Å². The van der Waals surface area contributed by atoms with Crippen LogP contribution in [0.5, 0.6) is 0 Å². The van der Waals surface area contributed by atoms with Gasteiger partial charge in [0, 0.05) is 31.3 Å². The van der Waals surface area contributed by atoms with Crippen molar-refractivity contribution in [3.63, 3.8) is 0 Å². The average Bonchev–Trinajstić information content (AvgIpc) is 3.34. The van der Waals surface area contributed by atoms with Crippen LogP contribution in [0.1, 0.15) is 67.5 Å². The minimum atomic E-state index is -0.772. The summed E-state index contributed by atoms with van der Waals surface area (Å²) in [4.78, 5) is 37.8. The molecule has 1 unspecified atom stereocenters. The fourth-order valence-electron chi connectivity index (χ4n) is 4.03. The van der Waals surface area contributed by atoms with Gasteiger partial charge in [0.15, 0.2) is 5.82 Å². The Balaban J connectivity index is 1.53.